The summed E-state index contributed by atoms with van der Waals surface area (Å²) in [5.74, 6) is 0.588. The number of hydrogen-bond acceptors (Lipinski definition) is 6. The van der Waals surface area contributed by atoms with Crippen molar-refractivity contribution in [3.05, 3.63) is 88.9 Å². The first kappa shape index (κ1) is 22.7. The van der Waals surface area contributed by atoms with Crippen molar-refractivity contribution in [1.29, 1.82) is 0 Å². The summed E-state index contributed by atoms with van der Waals surface area (Å²) in [7, 11) is -3.87. The van der Waals surface area contributed by atoms with Gasteiger partial charge in [0.05, 0.1) is 4.90 Å². The summed E-state index contributed by atoms with van der Waals surface area (Å²) < 4.78 is 34.3. The monoisotopic (exact) mass is 537 g/mol. The molecule has 0 bridgehead atoms. The van der Waals surface area contributed by atoms with Gasteiger partial charge >= 0.3 is 0 Å². The first-order valence-electron chi connectivity index (χ1n) is 11.1. The molecule has 1 aromatic heterocycles. The van der Waals surface area contributed by atoms with Crippen molar-refractivity contribution in [1.82, 2.24) is 4.98 Å². The Kier molecular flexibility index (Phi) is 6.18. The van der Waals surface area contributed by atoms with Crippen molar-refractivity contribution in [2.75, 3.05) is 36.0 Å². The number of oxazole rings is 1. The minimum absolute atomic E-state index is 0.0394. The Hall–Kier alpha value is -3.10. The maximum Gasteiger partial charge on any atom is 0.236 e. The molecule has 1 saturated heterocycles. The zero-order valence-electron chi connectivity index (χ0n) is 18.7. The lowest BCUT2D eigenvalue weighted by Gasteiger charge is -2.36. The number of hydrogen-bond donors (Lipinski definition) is 0. The van der Waals surface area contributed by atoms with Crippen LogP contribution in [-0.2, 0) is 9.84 Å². The molecule has 0 aliphatic carbocycles. The van der Waals surface area contributed by atoms with Gasteiger partial charge in [-0.05, 0) is 55.5 Å². The summed E-state index contributed by atoms with van der Waals surface area (Å²) in [4.78, 5) is 8.98. The van der Waals surface area contributed by atoms with E-state index in [-0.39, 0.29) is 9.92 Å². The predicted molar refractivity (Wildman–Crippen MR) is 137 cm³/mol. The molecule has 174 valence electrons. The fourth-order valence-corrected chi connectivity index (χ4v) is 5.61. The Labute approximate surface area is 207 Å². The normalized spacial score (nSPS) is 14.4. The van der Waals surface area contributed by atoms with E-state index in [0.29, 0.717) is 24.9 Å². The number of sulfone groups is 1. The number of para-hydroxylation sites is 1. The van der Waals surface area contributed by atoms with Crippen molar-refractivity contribution in [3.8, 4) is 11.5 Å². The molecule has 1 aliphatic rings. The van der Waals surface area contributed by atoms with Gasteiger partial charge in [-0.3, -0.25) is 0 Å². The minimum Gasteiger partial charge on any atom is -0.419 e. The summed E-state index contributed by atoms with van der Waals surface area (Å²) in [6.07, 6.45) is 0. The lowest BCUT2D eigenvalue weighted by Crippen LogP contribution is -2.46. The van der Waals surface area contributed by atoms with E-state index >= 15 is 0 Å². The molecular weight excluding hydrogens is 514 g/mol. The zero-order chi connectivity index (χ0) is 23.7. The lowest BCUT2D eigenvalue weighted by molar-refractivity contribution is 0.525. The van der Waals surface area contributed by atoms with Crippen molar-refractivity contribution < 1.29 is 12.8 Å². The Morgan fingerprint density at radius 1 is 0.824 bits per heavy atom. The van der Waals surface area contributed by atoms with Crippen LogP contribution in [0.2, 0.25) is 0 Å². The second kappa shape index (κ2) is 9.27. The van der Waals surface area contributed by atoms with Gasteiger partial charge in [-0.15, -0.1) is 0 Å². The standard InChI is InChI=1S/C26H24BrN3O3S/c1-19-7-13-23(14-8-19)34(31,32)25-26(33-24(28-25)20-9-11-21(27)12-10-20)30-17-15-29(16-18-30)22-5-3-2-4-6-22/h2-14H,15-18H2,1H3. The van der Waals surface area contributed by atoms with Crippen LogP contribution in [0.25, 0.3) is 11.5 Å². The Morgan fingerprint density at radius 3 is 2.09 bits per heavy atom. The van der Waals surface area contributed by atoms with E-state index in [0.717, 1.165) is 34.4 Å². The van der Waals surface area contributed by atoms with Crippen LogP contribution >= 0.6 is 15.9 Å². The zero-order valence-corrected chi connectivity index (χ0v) is 21.1. The molecule has 34 heavy (non-hydrogen) atoms. The molecule has 0 atom stereocenters. The summed E-state index contributed by atoms with van der Waals surface area (Å²) in [6.45, 7) is 4.68. The first-order valence-corrected chi connectivity index (χ1v) is 13.3. The fraction of sp³-hybridized carbons (Fsp3) is 0.192. The number of benzene rings is 3. The number of aryl methyl sites for hydroxylation is 1. The molecule has 6 nitrogen and oxygen atoms in total. The molecular formula is C26H24BrN3O3S. The van der Waals surface area contributed by atoms with Gasteiger partial charge in [0.1, 0.15) is 0 Å². The van der Waals surface area contributed by atoms with Crippen molar-refractivity contribution in [2.24, 2.45) is 0 Å². The van der Waals surface area contributed by atoms with Gasteiger partial charge in [0, 0.05) is 41.9 Å². The fourth-order valence-electron chi connectivity index (χ4n) is 4.02. The molecule has 2 heterocycles. The molecule has 0 radical (unpaired) electrons. The van der Waals surface area contributed by atoms with Gasteiger partial charge in [-0.2, -0.15) is 4.98 Å². The second-order valence-corrected chi connectivity index (χ2v) is 11.0. The highest BCUT2D eigenvalue weighted by molar-refractivity contribution is 9.10. The van der Waals surface area contributed by atoms with E-state index in [4.69, 9.17) is 4.42 Å². The lowest BCUT2D eigenvalue weighted by atomic mass is 10.2. The van der Waals surface area contributed by atoms with Gasteiger partial charge in [-0.25, -0.2) is 8.42 Å². The average molecular weight is 538 g/mol. The highest BCUT2D eigenvalue weighted by Crippen LogP contribution is 2.35. The molecule has 0 N–H and O–H groups in total. The molecule has 4 aromatic rings. The molecule has 0 spiro atoms. The summed E-state index contributed by atoms with van der Waals surface area (Å²) in [5, 5.41) is -0.0394. The minimum atomic E-state index is -3.87. The number of halogens is 1. The number of anilines is 2. The van der Waals surface area contributed by atoms with Gasteiger partial charge in [-0.1, -0.05) is 51.8 Å². The maximum atomic E-state index is 13.6. The Morgan fingerprint density at radius 2 is 1.44 bits per heavy atom. The van der Waals surface area contributed by atoms with Crippen LogP contribution in [0.15, 0.2) is 97.7 Å². The Bertz CT molecular complexity index is 1380. The number of nitrogens with zero attached hydrogens (tertiary/aromatic N) is 3. The Balaban J connectivity index is 1.52. The molecule has 0 unspecified atom stereocenters. The first-order chi connectivity index (χ1) is 16.4. The third-order valence-corrected chi connectivity index (χ3v) is 8.14. The van der Waals surface area contributed by atoms with Crippen molar-refractivity contribution in [3.63, 3.8) is 0 Å². The van der Waals surface area contributed by atoms with Gasteiger partial charge in [0.25, 0.3) is 0 Å². The van der Waals surface area contributed by atoms with Crippen molar-refractivity contribution in [2.45, 2.75) is 16.8 Å². The van der Waals surface area contributed by atoms with E-state index < -0.39 is 9.84 Å². The van der Waals surface area contributed by atoms with Crippen LogP contribution in [0.4, 0.5) is 11.6 Å². The van der Waals surface area contributed by atoms with Gasteiger partial charge in [0.15, 0.2) is 0 Å². The number of aromatic nitrogens is 1. The third kappa shape index (κ3) is 4.48. The van der Waals surface area contributed by atoms with Crippen LogP contribution in [0.5, 0.6) is 0 Å². The average Bonchev–Trinajstić information content (AvgIpc) is 3.32. The van der Waals surface area contributed by atoms with Crippen molar-refractivity contribution >= 4 is 37.3 Å². The largest absolute Gasteiger partial charge is 0.419 e. The quantitative estimate of drug-likeness (QED) is 0.331. The van der Waals surface area contributed by atoms with E-state index in [1.165, 1.54) is 0 Å². The molecule has 0 amide bonds. The van der Waals surface area contributed by atoms with Crippen LogP contribution in [0.1, 0.15) is 5.56 Å². The maximum absolute atomic E-state index is 13.6. The molecule has 1 aliphatic heterocycles. The molecule has 5 rings (SSSR count). The highest BCUT2D eigenvalue weighted by Gasteiger charge is 2.33. The van der Waals surface area contributed by atoms with E-state index in [2.05, 4.69) is 37.9 Å². The summed E-state index contributed by atoms with van der Waals surface area (Å²) in [5.41, 5.74) is 2.87. The summed E-state index contributed by atoms with van der Waals surface area (Å²) in [6, 6.07) is 24.5. The SMILES string of the molecule is Cc1ccc(S(=O)(=O)c2nc(-c3ccc(Br)cc3)oc2N2CCN(c3ccccc3)CC2)cc1. The van der Waals surface area contributed by atoms with E-state index in [1.807, 2.05) is 54.3 Å². The molecule has 0 saturated carbocycles. The van der Waals surface area contributed by atoms with Crippen LogP contribution in [0.3, 0.4) is 0 Å². The smallest absolute Gasteiger partial charge is 0.236 e. The third-order valence-electron chi connectivity index (χ3n) is 5.94. The molecule has 3 aromatic carbocycles. The number of piperazine rings is 1. The van der Waals surface area contributed by atoms with Gasteiger partial charge in [0.2, 0.25) is 26.6 Å². The molecule has 1 fully saturated rings. The van der Waals surface area contributed by atoms with Crippen LogP contribution in [-0.4, -0.2) is 39.6 Å². The number of rotatable bonds is 5. The molecule has 8 heteroatoms. The van der Waals surface area contributed by atoms with Crippen LogP contribution in [0, 0.1) is 6.92 Å². The van der Waals surface area contributed by atoms with Gasteiger partial charge < -0.3 is 14.2 Å². The van der Waals surface area contributed by atoms with Crippen LogP contribution < -0.4 is 9.80 Å². The summed E-state index contributed by atoms with van der Waals surface area (Å²) >= 11 is 3.43. The highest BCUT2D eigenvalue weighted by atomic mass is 79.9. The predicted octanol–water partition coefficient (Wildman–Crippen LogP) is 5.57. The second-order valence-electron chi connectivity index (χ2n) is 8.26. The van der Waals surface area contributed by atoms with E-state index in [9.17, 15) is 8.42 Å². The topological polar surface area (TPSA) is 66.7 Å². The van der Waals surface area contributed by atoms with E-state index in [1.54, 1.807) is 24.3 Å².